The predicted molar refractivity (Wildman–Crippen MR) is 35.3 cm³/mol. The molecule has 0 atom stereocenters. The molecule has 0 amide bonds. The van der Waals surface area contributed by atoms with Crippen LogP contribution in [0, 0.1) is 12.8 Å². The molecule has 0 saturated carbocycles. The van der Waals surface area contributed by atoms with Crippen LogP contribution in [0.4, 0.5) is 0 Å². The summed E-state index contributed by atoms with van der Waals surface area (Å²) in [7, 11) is 0. The number of ether oxygens (including phenoxy) is 1. The van der Waals surface area contributed by atoms with Crippen molar-refractivity contribution in [2.24, 2.45) is 5.92 Å². The van der Waals surface area contributed by atoms with Gasteiger partial charge in [-0.15, -0.1) is 0 Å². The van der Waals surface area contributed by atoms with E-state index in [1.807, 2.05) is 6.08 Å². The van der Waals surface area contributed by atoms with Crippen molar-refractivity contribution in [3.05, 3.63) is 19.3 Å². The van der Waals surface area contributed by atoms with E-state index in [1.165, 1.54) is 0 Å². The summed E-state index contributed by atoms with van der Waals surface area (Å²) in [6.45, 7) is 8.23. The molecule has 0 aromatic carbocycles. The van der Waals surface area contributed by atoms with E-state index in [0.29, 0.717) is 12.5 Å². The number of allylic oxidation sites excluding steroid dienone is 1. The molecule has 1 nitrogen and oxygen atoms in total. The van der Waals surface area contributed by atoms with Gasteiger partial charge in [0, 0.05) is 0 Å². The van der Waals surface area contributed by atoms with Gasteiger partial charge in [-0.3, -0.25) is 0 Å². The quantitative estimate of drug-likeness (QED) is 0.509. The largest absolute Gasteiger partial charge is 0.502 e. The van der Waals surface area contributed by atoms with E-state index < -0.39 is 0 Å². The van der Waals surface area contributed by atoms with E-state index in [0.717, 1.165) is 0 Å². The second-order valence-corrected chi connectivity index (χ2v) is 1.94. The Balaban J connectivity index is 3.07. The van der Waals surface area contributed by atoms with E-state index in [1.54, 1.807) is 6.26 Å². The lowest BCUT2D eigenvalue weighted by molar-refractivity contribution is 0.285. The zero-order valence-corrected chi connectivity index (χ0v) is 5.55. The van der Waals surface area contributed by atoms with Gasteiger partial charge in [0.1, 0.15) is 0 Å². The molecule has 0 bridgehead atoms. The molecular formula is C7H13O. The number of rotatable bonds is 3. The van der Waals surface area contributed by atoms with Crippen LogP contribution in [0.1, 0.15) is 13.8 Å². The Bertz CT molecular complexity index is 64.8. The van der Waals surface area contributed by atoms with Crippen LogP contribution in [0.2, 0.25) is 0 Å². The minimum Gasteiger partial charge on any atom is -0.502 e. The summed E-state index contributed by atoms with van der Waals surface area (Å²) < 4.78 is 4.85. The van der Waals surface area contributed by atoms with Crippen LogP contribution in [-0.2, 0) is 4.74 Å². The first kappa shape index (κ1) is 7.54. The van der Waals surface area contributed by atoms with Crippen molar-refractivity contribution in [2.45, 2.75) is 13.8 Å². The number of hydrogen-bond donors (Lipinski definition) is 0. The molecule has 0 aliphatic heterocycles. The summed E-state index contributed by atoms with van der Waals surface area (Å²) in [6, 6.07) is 0. The smallest absolute Gasteiger partial charge is 0.0874 e. The second kappa shape index (κ2) is 4.69. The van der Waals surface area contributed by atoms with E-state index in [4.69, 9.17) is 4.74 Å². The molecule has 0 unspecified atom stereocenters. The van der Waals surface area contributed by atoms with Crippen LogP contribution >= 0.6 is 0 Å². The van der Waals surface area contributed by atoms with Gasteiger partial charge in [0.15, 0.2) is 0 Å². The lowest BCUT2D eigenvalue weighted by Crippen LogP contribution is -1.81. The minimum atomic E-state index is 0.517. The monoisotopic (exact) mass is 113 g/mol. The van der Waals surface area contributed by atoms with Gasteiger partial charge in [-0.25, -0.2) is 0 Å². The first-order valence-electron chi connectivity index (χ1n) is 2.85. The van der Waals surface area contributed by atoms with E-state index >= 15 is 0 Å². The SMILES string of the molecule is [CH2]CO/C=C\C(C)C. The van der Waals surface area contributed by atoms with E-state index in [2.05, 4.69) is 20.8 Å². The zero-order chi connectivity index (χ0) is 6.41. The van der Waals surface area contributed by atoms with Crippen molar-refractivity contribution < 1.29 is 4.74 Å². The summed E-state index contributed by atoms with van der Waals surface area (Å²) in [5.74, 6) is 0.571. The lowest BCUT2D eigenvalue weighted by atomic mass is 10.2. The van der Waals surface area contributed by atoms with Gasteiger partial charge in [-0.2, -0.15) is 0 Å². The normalized spacial score (nSPS) is 11.0. The van der Waals surface area contributed by atoms with Crippen LogP contribution in [0.5, 0.6) is 0 Å². The van der Waals surface area contributed by atoms with Crippen LogP contribution in [0.15, 0.2) is 12.3 Å². The van der Waals surface area contributed by atoms with E-state index in [9.17, 15) is 0 Å². The van der Waals surface area contributed by atoms with Gasteiger partial charge in [0.2, 0.25) is 0 Å². The molecule has 0 rings (SSSR count). The van der Waals surface area contributed by atoms with E-state index in [-0.39, 0.29) is 0 Å². The average Bonchev–Trinajstić information content (AvgIpc) is 1.66. The highest BCUT2D eigenvalue weighted by molar-refractivity contribution is 4.76. The molecule has 0 aromatic heterocycles. The fourth-order valence-corrected chi connectivity index (χ4v) is 0.281. The van der Waals surface area contributed by atoms with Crippen LogP contribution in [0.25, 0.3) is 0 Å². The maximum Gasteiger partial charge on any atom is 0.0874 e. The third kappa shape index (κ3) is 5.54. The van der Waals surface area contributed by atoms with Crippen LogP contribution < -0.4 is 0 Å². The molecule has 8 heavy (non-hydrogen) atoms. The topological polar surface area (TPSA) is 9.23 Å². The highest BCUT2D eigenvalue weighted by Gasteiger charge is 1.80. The molecule has 0 saturated heterocycles. The zero-order valence-electron chi connectivity index (χ0n) is 5.55. The molecule has 0 heterocycles. The van der Waals surface area contributed by atoms with Crippen molar-refractivity contribution in [2.75, 3.05) is 6.61 Å². The molecule has 1 heteroatoms. The average molecular weight is 113 g/mol. The lowest BCUT2D eigenvalue weighted by Gasteiger charge is -1.93. The van der Waals surface area contributed by atoms with Gasteiger partial charge in [0.25, 0.3) is 0 Å². The molecule has 0 aliphatic rings. The Labute approximate surface area is 51.4 Å². The third-order valence-corrected chi connectivity index (χ3v) is 0.678. The van der Waals surface area contributed by atoms with Crippen molar-refractivity contribution in [1.82, 2.24) is 0 Å². The van der Waals surface area contributed by atoms with Crippen molar-refractivity contribution >= 4 is 0 Å². The fourth-order valence-electron chi connectivity index (χ4n) is 0.281. The van der Waals surface area contributed by atoms with Crippen LogP contribution in [0.3, 0.4) is 0 Å². The summed E-state index contributed by atoms with van der Waals surface area (Å²) in [6.07, 6.45) is 3.68. The molecule has 47 valence electrons. The molecule has 1 radical (unpaired) electrons. The first-order chi connectivity index (χ1) is 3.77. The summed E-state index contributed by atoms with van der Waals surface area (Å²) >= 11 is 0. The highest BCUT2D eigenvalue weighted by atomic mass is 16.5. The molecule has 0 aromatic rings. The van der Waals surface area contributed by atoms with Crippen LogP contribution in [-0.4, -0.2) is 6.61 Å². The molecule has 0 aliphatic carbocycles. The Kier molecular flexibility index (Phi) is 4.42. The van der Waals surface area contributed by atoms with Gasteiger partial charge < -0.3 is 4.74 Å². The summed E-state index contributed by atoms with van der Waals surface area (Å²) in [5, 5.41) is 0. The Morgan fingerprint density at radius 1 is 1.62 bits per heavy atom. The Morgan fingerprint density at radius 2 is 2.25 bits per heavy atom. The van der Waals surface area contributed by atoms with Crippen molar-refractivity contribution in [1.29, 1.82) is 0 Å². The predicted octanol–water partition coefficient (Wildman–Crippen LogP) is 2.01. The third-order valence-electron chi connectivity index (χ3n) is 0.678. The standard InChI is InChI=1S/C7H13O/c1-4-8-6-5-7(2)3/h5-7H,1,4H2,2-3H3/b6-5-. The Hall–Kier alpha value is -0.460. The fraction of sp³-hybridized carbons (Fsp3) is 0.571. The second-order valence-electron chi connectivity index (χ2n) is 1.94. The summed E-state index contributed by atoms with van der Waals surface area (Å²) in [4.78, 5) is 0. The molecule has 0 N–H and O–H groups in total. The van der Waals surface area contributed by atoms with Gasteiger partial charge in [-0.1, -0.05) is 13.8 Å². The molecule has 0 fully saturated rings. The van der Waals surface area contributed by atoms with Crippen molar-refractivity contribution in [3.63, 3.8) is 0 Å². The summed E-state index contributed by atoms with van der Waals surface area (Å²) in [5.41, 5.74) is 0. The minimum absolute atomic E-state index is 0.517. The molecular weight excluding hydrogens is 100 g/mol. The highest BCUT2D eigenvalue weighted by Crippen LogP contribution is 1.92. The molecule has 0 spiro atoms. The maximum atomic E-state index is 4.85. The van der Waals surface area contributed by atoms with Gasteiger partial charge >= 0.3 is 0 Å². The maximum absolute atomic E-state index is 4.85. The number of hydrogen-bond acceptors (Lipinski definition) is 1. The van der Waals surface area contributed by atoms with Gasteiger partial charge in [-0.05, 0) is 18.9 Å². The first-order valence-corrected chi connectivity index (χ1v) is 2.85. The Morgan fingerprint density at radius 3 is 2.62 bits per heavy atom. The van der Waals surface area contributed by atoms with Gasteiger partial charge in [0.05, 0.1) is 12.9 Å². The van der Waals surface area contributed by atoms with Crippen molar-refractivity contribution in [3.8, 4) is 0 Å².